The number of carbonyl (C=O) groups is 1. The van der Waals surface area contributed by atoms with Crippen LogP contribution in [0.5, 0.6) is 0 Å². The highest BCUT2D eigenvalue weighted by molar-refractivity contribution is 5.94. The number of aromatic nitrogens is 2. The number of benzene rings is 1. The molecule has 18 heavy (non-hydrogen) atoms. The van der Waals surface area contributed by atoms with Gasteiger partial charge in [-0.2, -0.15) is 4.98 Å². The summed E-state index contributed by atoms with van der Waals surface area (Å²) in [6.45, 7) is 2.10. The van der Waals surface area contributed by atoms with Gasteiger partial charge in [0.2, 0.25) is 5.89 Å². The Hall–Kier alpha value is -2.24. The van der Waals surface area contributed by atoms with Gasteiger partial charge < -0.3 is 9.84 Å². The van der Waals surface area contributed by atoms with Crippen LogP contribution in [0, 0.1) is 12.7 Å². The third-order valence-corrected chi connectivity index (χ3v) is 2.31. The van der Waals surface area contributed by atoms with Crippen LogP contribution < -0.4 is 5.32 Å². The van der Waals surface area contributed by atoms with E-state index in [-0.39, 0.29) is 11.7 Å². The molecule has 0 aliphatic rings. The molecule has 2 aromatic rings. The summed E-state index contributed by atoms with van der Waals surface area (Å²) in [7, 11) is 0. The number of carbonyl (C=O) groups excluding carboxylic acids is 1. The van der Waals surface area contributed by atoms with Gasteiger partial charge in [0.05, 0.1) is 0 Å². The van der Waals surface area contributed by atoms with Crippen LogP contribution >= 0.6 is 0 Å². The fourth-order valence-corrected chi connectivity index (χ4v) is 1.43. The Morgan fingerprint density at radius 1 is 1.39 bits per heavy atom. The molecule has 6 heteroatoms. The molecule has 0 aliphatic carbocycles. The van der Waals surface area contributed by atoms with E-state index in [0.29, 0.717) is 30.2 Å². The Morgan fingerprint density at radius 3 is 2.72 bits per heavy atom. The highest BCUT2D eigenvalue weighted by Crippen LogP contribution is 2.02. The van der Waals surface area contributed by atoms with Crippen molar-refractivity contribution in [1.82, 2.24) is 15.5 Å². The zero-order chi connectivity index (χ0) is 13.0. The lowest BCUT2D eigenvalue weighted by atomic mass is 10.2. The predicted molar refractivity (Wildman–Crippen MR) is 61.5 cm³/mol. The van der Waals surface area contributed by atoms with E-state index in [9.17, 15) is 9.18 Å². The summed E-state index contributed by atoms with van der Waals surface area (Å²) in [5, 5.41) is 6.40. The number of hydrogen-bond donors (Lipinski definition) is 1. The first-order chi connectivity index (χ1) is 8.65. The number of rotatable bonds is 4. The Kier molecular flexibility index (Phi) is 3.66. The van der Waals surface area contributed by atoms with Gasteiger partial charge in [0.1, 0.15) is 5.82 Å². The molecule has 1 N–H and O–H groups in total. The average molecular weight is 249 g/mol. The maximum absolute atomic E-state index is 12.7. The van der Waals surface area contributed by atoms with Gasteiger partial charge in [-0.25, -0.2) is 4.39 Å². The molecule has 0 fully saturated rings. The lowest BCUT2D eigenvalue weighted by Crippen LogP contribution is -2.25. The molecule has 5 nitrogen and oxygen atoms in total. The molecule has 0 aliphatic heterocycles. The minimum absolute atomic E-state index is 0.254. The second-order valence-corrected chi connectivity index (χ2v) is 3.74. The SMILES string of the molecule is Cc1nc(CCNC(=O)c2ccc(F)cc2)no1. The minimum Gasteiger partial charge on any atom is -0.352 e. The van der Waals surface area contributed by atoms with Crippen molar-refractivity contribution < 1.29 is 13.7 Å². The Morgan fingerprint density at radius 2 is 2.11 bits per heavy atom. The molecular weight excluding hydrogens is 237 g/mol. The van der Waals surface area contributed by atoms with Crippen molar-refractivity contribution in [3.8, 4) is 0 Å². The maximum atomic E-state index is 12.7. The van der Waals surface area contributed by atoms with Crippen molar-refractivity contribution in [2.75, 3.05) is 6.54 Å². The summed E-state index contributed by atoms with van der Waals surface area (Å²) in [5.74, 6) is 0.422. The number of hydrogen-bond acceptors (Lipinski definition) is 4. The fourth-order valence-electron chi connectivity index (χ4n) is 1.43. The molecule has 0 spiro atoms. The van der Waals surface area contributed by atoms with Crippen LogP contribution in [0.15, 0.2) is 28.8 Å². The highest BCUT2D eigenvalue weighted by Gasteiger charge is 2.06. The molecule has 1 aromatic heterocycles. The molecule has 0 saturated carbocycles. The Labute approximate surface area is 103 Å². The molecule has 0 radical (unpaired) electrons. The van der Waals surface area contributed by atoms with E-state index < -0.39 is 0 Å². The lowest BCUT2D eigenvalue weighted by Gasteiger charge is -2.03. The summed E-state index contributed by atoms with van der Waals surface area (Å²) in [5.41, 5.74) is 0.417. The van der Waals surface area contributed by atoms with Crippen molar-refractivity contribution >= 4 is 5.91 Å². The summed E-state index contributed by atoms with van der Waals surface area (Å²) >= 11 is 0. The number of aryl methyl sites for hydroxylation is 1. The third kappa shape index (κ3) is 3.13. The van der Waals surface area contributed by atoms with E-state index in [1.165, 1.54) is 24.3 Å². The normalized spacial score (nSPS) is 10.3. The number of halogens is 1. The fraction of sp³-hybridized carbons (Fsp3) is 0.250. The summed E-state index contributed by atoms with van der Waals surface area (Å²) in [4.78, 5) is 15.7. The van der Waals surface area contributed by atoms with Crippen LogP contribution in [0.2, 0.25) is 0 Å². The molecule has 1 heterocycles. The van der Waals surface area contributed by atoms with E-state index in [1.54, 1.807) is 6.92 Å². The van der Waals surface area contributed by atoms with Gasteiger partial charge in [0.25, 0.3) is 5.91 Å². The van der Waals surface area contributed by atoms with Crippen LogP contribution in [-0.4, -0.2) is 22.6 Å². The second kappa shape index (κ2) is 5.39. The van der Waals surface area contributed by atoms with Crippen molar-refractivity contribution in [2.24, 2.45) is 0 Å². The second-order valence-electron chi connectivity index (χ2n) is 3.74. The summed E-state index contributed by atoms with van der Waals surface area (Å²) in [6, 6.07) is 5.36. The molecular formula is C12H12FN3O2. The van der Waals surface area contributed by atoms with E-state index in [4.69, 9.17) is 4.52 Å². The minimum atomic E-state index is -0.367. The van der Waals surface area contributed by atoms with Crippen LogP contribution in [0.25, 0.3) is 0 Å². The zero-order valence-corrected chi connectivity index (χ0v) is 9.81. The van der Waals surface area contributed by atoms with Crippen molar-refractivity contribution in [1.29, 1.82) is 0 Å². The molecule has 0 saturated heterocycles. The van der Waals surface area contributed by atoms with E-state index in [2.05, 4.69) is 15.5 Å². The largest absolute Gasteiger partial charge is 0.352 e. The number of amides is 1. The molecule has 94 valence electrons. The highest BCUT2D eigenvalue weighted by atomic mass is 19.1. The smallest absolute Gasteiger partial charge is 0.251 e. The van der Waals surface area contributed by atoms with Crippen LogP contribution in [0.1, 0.15) is 22.1 Å². The van der Waals surface area contributed by atoms with Gasteiger partial charge >= 0.3 is 0 Å². The molecule has 1 amide bonds. The number of nitrogens with zero attached hydrogens (tertiary/aromatic N) is 2. The zero-order valence-electron chi connectivity index (χ0n) is 9.81. The summed E-state index contributed by atoms with van der Waals surface area (Å²) in [6.07, 6.45) is 0.490. The standard InChI is InChI=1S/C12H12FN3O2/c1-8-15-11(16-18-8)6-7-14-12(17)9-2-4-10(13)5-3-9/h2-5H,6-7H2,1H3,(H,14,17). The van der Waals surface area contributed by atoms with Gasteiger partial charge in [-0.3, -0.25) is 4.79 Å². The first kappa shape index (κ1) is 12.2. The lowest BCUT2D eigenvalue weighted by molar-refractivity contribution is 0.0954. The number of nitrogens with one attached hydrogen (secondary N) is 1. The van der Waals surface area contributed by atoms with E-state index in [0.717, 1.165) is 0 Å². The quantitative estimate of drug-likeness (QED) is 0.891. The predicted octanol–water partition coefficient (Wildman–Crippen LogP) is 1.49. The third-order valence-electron chi connectivity index (χ3n) is 2.31. The first-order valence-corrected chi connectivity index (χ1v) is 5.48. The van der Waals surface area contributed by atoms with Gasteiger partial charge in [0, 0.05) is 25.5 Å². The molecule has 0 bridgehead atoms. The molecule has 2 rings (SSSR count). The van der Waals surface area contributed by atoms with Gasteiger partial charge in [-0.05, 0) is 24.3 Å². The van der Waals surface area contributed by atoms with Crippen LogP contribution in [0.4, 0.5) is 4.39 Å². The topological polar surface area (TPSA) is 68.0 Å². The van der Waals surface area contributed by atoms with E-state index >= 15 is 0 Å². The van der Waals surface area contributed by atoms with Crippen molar-refractivity contribution in [3.05, 3.63) is 47.4 Å². The van der Waals surface area contributed by atoms with Gasteiger partial charge in [-0.1, -0.05) is 5.16 Å². The van der Waals surface area contributed by atoms with Gasteiger partial charge in [-0.15, -0.1) is 0 Å². The maximum Gasteiger partial charge on any atom is 0.251 e. The molecule has 1 aromatic carbocycles. The average Bonchev–Trinajstić information content (AvgIpc) is 2.76. The Bertz CT molecular complexity index is 537. The van der Waals surface area contributed by atoms with Crippen LogP contribution in [-0.2, 0) is 6.42 Å². The molecule has 0 atom stereocenters. The van der Waals surface area contributed by atoms with Gasteiger partial charge in [0.15, 0.2) is 5.82 Å². The summed E-state index contributed by atoms with van der Waals surface area (Å²) < 4.78 is 17.5. The van der Waals surface area contributed by atoms with E-state index in [1.807, 2.05) is 0 Å². The molecule has 0 unspecified atom stereocenters. The van der Waals surface area contributed by atoms with Crippen LogP contribution in [0.3, 0.4) is 0 Å². The first-order valence-electron chi connectivity index (χ1n) is 5.48. The Balaban J connectivity index is 1.83. The monoisotopic (exact) mass is 249 g/mol. The van der Waals surface area contributed by atoms with Crippen molar-refractivity contribution in [3.63, 3.8) is 0 Å². The van der Waals surface area contributed by atoms with Crippen molar-refractivity contribution in [2.45, 2.75) is 13.3 Å².